The Morgan fingerprint density at radius 3 is 2.48 bits per heavy atom. The summed E-state index contributed by atoms with van der Waals surface area (Å²) in [5.74, 6) is -1.07. The molecule has 142 valence electrons. The highest BCUT2D eigenvalue weighted by atomic mass is 19.4. The van der Waals surface area contributed by atoms with Crippen molar-refractivity contribution in [3.8, 4) is 5.75 Å². The predicted molar refractivity (Wildman–Crippen MR) is 90.0 cm³/mol. The molecular weight excluding hydrogens is 365 g/mol. The van der Waals surface area contributed by atoms with Gasteiger partial charge in [0.15, 0.2) is 0 Å². The zero-order chi connectivity index (χ0) is 19.8. The van der Waals surface area contributed by atoms with Crippen LogP contribution in [-0.4, -0.2) is 29.3 Å². The molecule has 1 aliphatic rings. The number of pyridine rings is 1. The molecule has 27 heavy (non-hydrogen) atoms. The van der Waals surface area contributed by atoms with Crippen LogP contribution in [0.2, 0.25) is 0 Å². The largest absolute Gasteiger partial charge is 0.573 e. The molecule has 0 saturated carbocycles. The first-order valence-electron chi connectivity index (χ1n) is 7.87. The Labute approximate surface area is 151 Å². The number of carbonyl (C=O) groups is 2. The summed E-state index contributed by atoms with van der Waals surface area (Å²) in [5, 5.41) is 2.59. The number of nitrogens with two attached hydrogens (primary N) is 1. The van der Waals surface area contributed by atoms with E-state index in [1.807, 2.05) is 0 Å². The maximum atomic E-state index is 12.7. The number of hydrogen-bond donors (Lipinski definition) is 2. The molecule has 2 unspecified atom stereocenters. The third-order valence-electron chi connectivity index (χ3n) is 4.13. The highest BCUT2D eigenvalue weighted by molar-refractivity contribution is 6.21. The second-order valence-electron chi connectivity index (χ2n) is 5.95. The zero-order valence-electron chi connectivity index (χ0n) is 14.0. The molecule has 3 N–H and O–H groups in total. The Morgan fingerprint density at radius 1 is 1.22 bits per heavy atom. The van der Waals surface area contributed by atoms with Crippen molar-refractivity contribution in [3.63, 3.8) is 0 Å². The summed E-state index contributed by atoms with van der Waals surface area (Å²) in [6.07, 6.45) is -3.32. The minimum absolute atomic E-state index is 0.135. The summed E-state index contributed by atoms with van der Waals surface area (Å²) < 4.78 is 40.5. The third kappa shape index (κ3) is 3.94. The van der Waals surface area contributed by atoms with E-state index in [0.717, 1.165) is 22.6 Å². The summed E-state index contributed by atoms with van der Waals surface area (Å²) in [5.41, 5.74) is 6.50. The summed E-state index contributed by atoms with van der Waals surface area (Å²) in [4.78, 5) is 29.7. The molecule has 2 aromatic rings. The predicted octanol–water partition coefficient (Wildman–Crippen LogP) is 2.79. The van der Waals surface area contributed by atoms with E-state index in [4.69, 9.17) is 5.73 Å². The van der Waals surface area contributed by atoms with Gasteiger partial charge < -0.3 is 15.8 Å². The SMILES string of the molecule is CC(c1ccnc(N)c1)C1NC(=O)N(c2ccc(OC(F)(F)F)cc2)C1=O. The number of aromatic nitrogens is 1. The third-order valence-corrected chi connectivity index (χ3v) is 4.13. The Hall–Kier alpha value is -3.30. The number of hydrogen-bond acceptors (Lipinski definition) is 5. The average Bonchev–Trinajstić information content (AvgIpc) is 2.88. The van der Waals surface area contributed by atoms with Crippen LogP contribution in [0.1, 0.15) is 18.4 Å². The van der Waals surface area contributed by atoms with Crippen LogP contribution >= 0.6 is 0 Å². The molecule has 1 aromatic carbocycles. The van der Waals surface area contributed by atoms with Gasteiger partial charge in [0.1, 0.15) is 17.6 Å². The van der Waals surface area contributed by atoms with Crippen molar-refractivity contribution < 1.29 is 27.5 Å². The zero-order valence-corrected chi connectivity index (χ0v) is 14.0. The molecule has 0 bridgehead atoms. The number of imide groups is 1. The summed E-state index contributed by atoms with van der Waals surface area (Å²) in [7, 11) is 0. The smallest absolute Gasteiger partial charge is 0.406 e. The number of benzene rings is 1. The van der Waals surface area contributed by atoms with Gasteiger partial charge in [-0.25, -0.2) is 14.7 Å². The van der Waals surface area contributed by atoms with Crippen LogP contribution < -0.4 is 20.7 Å². The average molecular weight is 380 g/mol. The van der Waals surface area contributed by atoms with Crippen LogP contribution in [0, 0.1) is 0 Å². The fourth-order valence-corrected chi connectivity index (χ4v) is 2.82. The van der Waals surface area contributed by atoms with Gasteiger partial charge in [0, 0.05) is 12.1 Å². The number of carbonyl (C=O) groups excluding carboxylic acids is 2. The lowest BCUT2D eigenvalue weighted by Crippen LogP contribution is -2.34. The van der Waals surface area contributed by atoms with Crippen molar-refractivity contribution in [2.75, 3.05) is 10.6 Å². The van der Waals surface area contributed by atoms with Gasteiger partial charge >= 0.3 is 12.4 Å². The topological polar surface area (TPSA) is 97.5 Å². The van der Waals surface area contributed by atoms with E-state index in [1.54, 1.807) is 19.1 Å². The first kappa shape index (κ1) is 18.5. The van der Waals surface area contributed by atoms with Crippen molar-refractivity contribution in [1.29, 1.82) is 0 Å². The first-order chi connectivity index (χ1) is 12.7. The van der Waals surface area contributed by atoms with Gasteiger partial charge in [-0.05, 0) is 42.0 Å². The van der Waals surface area contributed by atoms with Gasteiger partial charge in [-0.3, -0.25) is 4.79 Å². The van der Waals surface area contributed by atoms with E-state index < -0.39 is 30.1 Å². The van der Waals surface area contributed by atoms with Crippen molar-refractivity contribution in [3.05, 3.63) is 48.2 Å². The maximum absolute atomic E-state index is 12.7. The van der Waals surface area contributed by atoms with Crippen molar-refractivity contribution in [2.24, 2.45) is 0 Å². The molecule has 2 heterocycles. The Bertz CT molecular complexity index is 870. The van der Waals surface area contributed by atoms with Gasteiger partial charge in [-0.15, -0.1) is 13.2 Å². The second kappa shape index (κ2) is 6.78. The monoisotopic (exact) mass is 380 g/mol. The van der Waals surface area contributed by atoms with Gasteiger partial charge in [-0.1, -0.05) is 6.92 Å². The fraction of sp³-hybridized carbons (Fsp3) is 0.235. The number of nitrogens with one attached hydrogen (secondary N) is 1. The molecule has 7 nitrogen and oxygen atoms in total. The molecule has 1 saturated heterocycles. The van der Waals surface area contributed by atoms with Crippen LogP contribution in [-0.2, 0) is 4.79 Å². The van der Waals surface area contributed by atoms with Gasteiger partial charge in [0.25, 0.3) is 5.91 Å². The first-order valence-corrected chi connectivity index (χ1v) is 7.87. The van der Waals surface area contributed by atoms with Crippen molar-refractivity contribution >= 4 is 23.4 Å². The number of anilines is 2. The van der Waals surface area contributed by atoms with E-state index in [-0.39, 0.29) is 17.4 Å². The van der Waals surface area contributed by atoms with Crippen LogP contribution in [0.5, 0.6) is 5.75 Å². The Morgan fingerprint density at radius 2 is 1.89 bits per heavy atom. The lowest BCUT2D eigenvalue weighted by molar-refractivity contribution is -0.274. The number of ether oxygens (including phenoxy) is 1. The number of rotatable bonds is 4. The lowest BCUT2D eigenvalue weighted by Gasteiger charge is -2.18. The Kier molecular flexibility index (Phi) is 4.64. The number of halogens is 3. The highest BCUT2D eigenvalue weighted by Crippen LogP contribution is 2.30. The van der Waals surface area contributed by atoms with E-state index in [9.17, 15) is 22.8 Å². The van der Waals surface area contributed by atoms with Crippen LogP contribution in [0.25, 0.3) is 0 Å². The number of amides is 3. The molecule has 1 aromatic heterocycles. The number of nitrogens with zero attached hydrogens (tertiary/aromatic N) is 2. The summed E-state index contributed by atoms with van der Waals surface area (Å²) >= 11 is 0. The van der Waals surface area contributed by atoms with Gasteiger partial charge in [0.05, 0.1) is 5.69 Å². The summed E-state index contributed by atoms with van der Waals surface area (Å²) in [6.45, 7) is 1.75. The van der Waals surface area contributed by atoms with E-state index >= 15 is 0 Å². The molecule has 1 aliphatic heterocycles. The van der Waals surface area contributed by atoms with Crippen LogP contribution in [0.3, 0.4) is 0 Å². The lowest BCUT2D eigenvalue weighted by atomic mass is 9.94. The molecule has 1 fully saturated rings. The summed E-state index contributed by atoms with van der Waals surface area (Å²) in [6, 6.07) is 6.26. The highest BCUT2D eigenvalue weighted by Gasteiger charge is 2.42. The second-order valence-corrected chi connectivity index (χ2v) is 5.95. The van der Waals surface area contributed by atoms with Crippen molar-refractivity contribution in [1.82, 2.24) is 10.3 Å². The number of urea groups is 1. The van der Waals surface area contributed by atoms with Crippen molar-refractivity contribution in [2.45, 2.75) is 25.2 Å². The van der Waals surface area contributed by atoms with E-state index in [0.29, 0.717) is 0 Å². The quantitative estimate of drug-likeness (QED) is 0.795. The molecule has 10 heteroatoms. The Balaban J connectivity index is 1.80. The standard InChI is InChI=1S/C17H15F3N4O3/c1-9(10-6-7-22-13(21)8-10)14-15(25)24(16(26)23-14)11-2-4-12(5-3-11)27-17(18,19)20/h2-9,14H,1H3,(H2,21,22)(H,23,26). The molecule has 3 amide bonds. The maximum Gasteiger partial charge on any atom is 0.573 e. The minimum atomic E-state index is -4.82. The van der Waals surface area contributed by atoms with Crippen LogP contribution in [0.4, 0.5) is 29.5 Å². The van der Waals surface area contributed by atoms with Gasteiger partial charge in [0.2, 0.25) is 0 Å². The molecule has 0 spiro atoms. The molecule has 0 aliphatic carbocycles. The number of nitrogen functional groups attached to an aromatic ring is 1. The normalized spacial score (nSPS) is 18.4. The van der Waals surface area contributed by atoms with Gasteiger partial charge in [-0.2, -0.15) is 0 Å². The molecular formula is C17H15F3N4O3. The molecule has 2 atom stereocenters. The van der Waals surface area contributed by atoms with Crippen LogP contribution in [0.15, 0.2) is 42.6 Å². The fourth-order valence-electron chi connectivity index (χ4n) is 2.82. The molecule has 0 radical (unpaired) electrons. The van der Waals surface area contributed by atoms with E-state index in [2.05, 4.69) is 15.0 Å². The molecule has 3 rings (SSSR count). The van der Waals surface area contributed by atoms with E-state index in [1.165, 1.54) is 18.3 Å². The minimum Gasteiger partial charge on any atom is -0.406 e. The number of alkyl halides is 3.